The van der Waals surface area contributed by atoms with Crippen LogP contribution in [0.5, 0.6) is 0 Å². The Morgan fingerprint density at radius 2 is 2.23 bits per heavy atom. The largest absolute Gasteiger partial charge is 0.353 e. The standard InChI is InChI=1S/C17H28N4O/c1-3-12-6-4-5-7-16(12)20-17(22)15-10-18-9-14(15)13-8-19-21(2)11-13/h8,11-12,14-16,18H,3-7,9-10H2,1-2H3,(H,20,22)/t12?,14-,15+,16?/m1/s1. The third-order valence-electron chi connectivity index (χ3n) is 5.47. The molecule has 1 aliphatic heterocycles. The molecule has 5 heteroatoms. The van der Waals surface area contributed by atoms with Crippen molar-refractivity contribution in [1.82, 2.24) is 20.4 Å². The minimum atomic E-state index is 0.0311. The maximum absolute atomic E-state index is 12.8. The van der Waals surface area contributed by atoms with E-state index < -0.39 is 0 Å². The van der Waals surface area contributed by atoms with Gasteiger partial charge in [0.1, 0.15) is 0 Å². The molecule has 1 saturated carbocycles. The Labute approximate surface area is 132 Å². The van der Waals surface area contributed by atoms with Crippen molar-refractivity contribution < 1.29 is 4.79 Å². The lowest BCUT2D eigenvalue weighted by Gasteiger charge is -2.32. The summed E-state index contributed by atoms with van der Waals surface area (Å²) < 4.78 is 1.82. The first-order valence-corrected chi connectivity index (χ1v) is 8.68. The molecule has 0 radical (unpaired) electrons. The molecule has 0 spiro atoms. The van der Waals surface area contributed by atoms with Gasteiger partial charge in [0.25, 0.3) is 0 Å². The fourth-order valence-corrected chi connectivity index (χ4v) is 4.11. The Morgan fingerprint density at radius 3 is 2.95 bits per heavy atom. The predicted molar refractivity (Wildman–Crippen MR) is 86.5 cm³/mol. The number of amides is 1. The Balaban J connectivity index is 1.65. The number of aromatic nitrogens is 2. The Bertz CT molecular complexity index is 513. The molecule has 1 amide bonds. The highest BCUT2D eigenvalue weighted by Crippen LogP contribution is 2.30. The summed E-state index contributed by atoms with van der Waals surface area (Å²) in [4.78, 5) is 12.8. The zero-order chi connectivity index (χ0) is 15.5. The maximum Gasteiger partial charge on any atom is 0.225 e. The molecular formula is C17H28N4O. The summed E-state index contributed by atoms with van der Waals surface area (Å²) in [6.45, 7) is 3.88. The lowest BCUT2D eigenvalue weighted by Crippen LogP contribution is -2.45. The second-order valence-corrected chi connectivity index (χ2v) is 6.89. The smallest absolute Gasteiger partial charge is 0.225 e. The van der Waals surface area contributed by atoms with E-state index in [1.165, 1.54) is 31.2 Å². The van der Waals surface area contributed by atoms with E-state index in [0.717, 1.165) is 19.5 Å². The molecule has 0 aromatic carbocycles. The van der Waals surface area contributed by atoms with Crippen LogP contribution in [-0.2, 0) is 11.8 Å². The molecule has 1 aromatic heterocycles. The Kier molecular flexibility index (Phi) is 4.81. The average Bonchev–Trinajstić information content (AvgIpc) is 3.16. The van der Waals surface area contributed by atoms with Gasteiger partial charge in [-0.2, -0.15) is 5.10 Å². The van der Waals surface area contributed by atoms with Crippen LogP contribution in [0.4, 0.5) is 0 Å². The summed E-state index contributed by atoms with van der Waals surface area (Å²) >= 11 is 0. The van der Waals surface area contributed by atoms with Gasteiger partial charge < -0.3 is 10.6 Å². The van der Waals surface area contributed by atoms with E-state index in [4.69, 9.17) is 0 Å². The van der Waals surface area contributed by atoms with Gasteiger partial charge in [0, 0.05) is 38.3 Å². The minimum Gasteiger partial charge on any atom is -0.353 e. The number of aryl methyl sites for hydroxylation is 1. The van der Waals surface area contributed by atoms with Crippen molar-refractivity contribution in [2.24, 2.45) is 18.9 Å². The zero-order valence-electron chi connectivity index (χ0n) is 13.7. The molecule has 2 heterocycles. The van der Waals surface area contributed by atoms with Gasteiger partial charge in [0.2, 0.25) is 5.91 Å². The molecule has 22 heavy (non-hydrogen) atoms. The van der Waals surface area contributed by atoms with Crippen LogP contribution in [0.25, 0.3) is 0 Å². The zero-order valence-corrected chi connectivity index (χ0v) is 13.7. The molecule has 122 valence electrons. The van der Waals surface area contributed by atoms with E-state index in [1.54, 1.807) is 0 Å². The van der Waals surface area contributed by atoms with E-state index in [1.807, 2.05) is 24.1 Å². The second kappa shape index (κ2) is 6.82. The fourth-order valence-electron chi connectivity index (χ4n) is 4.11. The molecule has 0 bridgehead atoms. The van der Waals surface area contributed by atoms with E-state index in [2.05, 4.69) is 22.7 Å². The van der Waals surface area contributed by atoms with Crippen LogP contribution in [0.15, 0.2) is 12.4 Å². The summed E-state index contributed by atoms with van der Waals surface area (Å²) in [6.07, 6.45) is 10.1. The van der Waals surface area contributed by atoms with Gasteiger partial charge in [-0.3, -0.25) is 9.48 Å². The number of nitrogens with zero attached hydrogens (tertiary/aromatic N) is 2. The van der Waals surface area contributed by atoms with Crippen LogP contribution >= 0.6 is 0 Å². The monoisotopic (exact) mass is 304 g/mol. The molecule has 1 saturated heterocycles. The number of hydrogen-bond donors (Lipinski definition) is 2. The molecule has 2 fully saturated rings. The fraction of sp³-hybridized carbons (Fsp3) is 0.765. The van der Waals surface area contributed by atoms with Gasteiger partial charge in [-0.05, 0) is 24.3 Å². The molecule has 4 atom stereocenters. The number of hydrogen-bond acceptors (Lipinski definition) is 3. The van der Waals surface area contributed by atoms with Crippen molar-refractivity contribution in [3.05, 3.63) is 18.0 Å². The van der Waals surface area contributed by atoms with Gasteiger partial charge >= 0.3 is 0 Å². The molecular weight excluding hydrogens is 276 g/mol. The molecule has 2 aliphatic rings. The van der Waals surface area contributed by atoms with Crippen LogP contribution in [-0.4, -0.2) is 34.8 Å². The summed E-state index contributed by atoms with van der Waals surface area (Å²) in [5, 5.41) is 11.0. The van der Waals surface area contributed by atoms with Gasteiger partial charge in [-0.1, -0.05) is 26.2 Å². The molecule has 5 nitrogen and oxygen atoms in total. The van der Waals surface area contributed by atoms with Gasteiger partial charge in [0.15, 0.2) is 0 Å². The highest BCUT2D eigenvalue weighted by Gasteiger charge is 2.36. The molecule has 3 rings (SSSR count). The van der Waals surface area contributed by atoms with Gasteiger partial charge in [-0.15, -0.1) is 0 Å². The average molecular weight is 304 g/mol. The van der Waals surface area contributed by atoms with Crippen LogP contribution < -0.4 is 10.6 Å². The molecule has 2 unspecified atom stereocenters. The summed E-state index contributed by atoms with van der Waals surface area (Å²) in [5.74, 6) is 1.16. The van der Waals surface area contributed by atoms with E-state index in [9.17, 15) is 4.79 Å². The molecule has 1 aromatic rings. The van der Waals surface area contributed by atoms with Crippen LogP contribution in [0, 0.1) is 11.8 Å². The Hall–Kier alpha value is -1.36. The lowest BCUT2D eigenvalue weighted by atomic mass is 9.82. The van der Waals surface area contributed by atoms with E-state index in [0.29, 0.717) is 12.0 Å². The van der Waals surface area contributed by atoms with Crippen molar-refractivity contribution in [3.8, 4) is 0 Å². The van der Waals surface area contributed by atoms with Crippen molar-refractivity contribution in [1.29, 1.82) is 0 Å². The summed E-state index contributed by atoms with van der Waals surface area (Å²) in [7, 11) is 1.93. The highest BCUT2D eigenvalue weighted by atomic mass is 16.2. The van der Waals surface area contributed by atoms with Crippen molar-refractivity contribution in [2.75, 3.05) is 13.1 Å². The number of carbonyl (C=O) groups is 1. The second-order valence-electron chi connectivity index (χ2n) is 6.89. The first-order valence-electron chi connectivity index (χ1n) is 8.68. The first kappa shape index (κ1) is 15.5. The third kappa shape index (κ3) is 3.19. The predicted octanol–water partition coefficient (Wildman–Crippen LogP) is 1.81. The van der Waals surface area contributed by atoms with Crippen LogP contribution in [0.3, 0.4) is 0 Å². The minimum absolute atomic E-state index is 0.0311. The van der Waals surface area contributed by atoms with Crippen molar-refractivity contribution in [2.45, 2.75) is 51.0 Å². The number of nitrogens with one attached hydrogen (secondary N) is 2. The van der Waals surface area contributed by atoms with Gasteiger partial charge in [0.05, 0.1) is 12.1 Å². The summed E-state index contributed by atoms with van der Waals surface area (Å²) in [6, 6.07) is 0.376. The molecule has 1 aliphatic carbocycles. The van der Waals surface area contributed by atoms with Crippen molar-refractivity contribution >= 4 is 5.91 Å². The topological polar surface area (TPSA) is 59.0 Å². The quantitative estimate of drug-likeness (QED) is 0.892. The highest BCUT2D eigenvalue weighted by molar-refractivity contribution is 5.80. The van der Waals surface area contributed by atoms with Crippen LogP contribution in [0.1, 0.15) is 50.5 Å². The third-order valence-corrected chi connectivity index (χ3v) is 5.47. The van der Waals surface area contributed by atoms with Crippen molar-refractivity contribution in [3.63, 3.8) is 0 Å². The van der Waals surface area contributed by atoms with E-state index >= 15 is 0 Å². The van der Waals surface area contributed by atoms with E-state index in [-0.39, 0.29) is 17.7 Å². The normalized spacial score (nSPS) is 32.1. The first-order chi connectivity index (χ1) is 10.7. The number of rotatable bonds is 4. The summed E-state index contributed by atoms with van der Waals surface area (Å²) in [5.41, 5.74) is 1.17. The maximum atomic E-state index is 12.8. The molecule has 2 N–H and O–H groups in total. The number of carbonyl (C=O) groups excluding carboxylic acids is 1. The van der Waals surface area contributed by atoms with Crippen LogP contribution in [0.2, 0.25) is 0 Å². The Morgan fingerprint density at radius 1 is 1.41 bits per heavy atom. The SMILES string of the molecule is CCC1CCCCC1NC(=O)[C@H]1CNC[C@@H]1c1cnn(C)c1. The lowest BCUT2D eigenvalue weighted by molar-refractivity contribution is -0.126. The van der Waals surface area contributed by atoms with Gasteiger partial charge in [-0.25, -0.2) is 0 Å².